The van der Waals surface area contributed by atoms with Crippen LogP contribution < -0.4 is 4.74 Å². The quantitative estimate of drug-likeness (QED) is 0.706. The summed E-state index contributed by atoms with van der Waals surface area (Å²) in [4.78, 5) is 4.05. The van der Waals surface area contributed by atoms with Crippen LogP contribution in [0.1, 0.15) is 0 Å². The van der Waals surface area contributed by atoms with Crippen molar-refractivity contribution in [2.45, 2.75) is 0 Å². The molecule has 0 aliphatic heterocycles. The van der Waals surface area contributed by atoms with E-state index < -0.39 is 0 Å². The van der Waals surface area contributed by atoms with Gasteiger partial charge < -0.3 is 9.26 Å². The Hall–Kier alpha value is -1.36. The minimum absolute atomic E-state index is 0.491. The van der Waals surface area contributed by atoms with Crippen molar-refractivity contribution in [3.63, 3.8) is 0 Å². The van der Waals surface area contributed by atoms with Gasteiger partial charge in [-0.25, -0.2) is 4.98 Å². The fourth-order valence-electron chi connectivity index (χ4n) is 0.812. The van der Waals surface area contributed by atoms with Gasteiger partial charge in [-0.15, -0.1) is 11.3 Å². The molecule has 61 valence electrons. The Morgan fingerprint density at radius 3 is 3.25 bits per heavy atom. The molecule has 0 aliphatic rings. The van der Waals surface area contributed by atoms with Crippen molar-refractivity contribution in [3.05, 3.63) is 17.8 Å². The Bertz CT molecular complexity index is 355. The standard InChI is InChI=1S/C7H5N2O2S/c1-10-5-4-9-11-6(5)7-8-2-3-12-7/h2-3H,1H3. The van der Waals surface area contributed by atoms with E-state index in [1.807, 2.05) is 5.38 Å². The summed E-state index contributed by atoms with van der Waals surface area (Å²) in [7, 11) is 1.54. The van der Waals surface area contributed by atoms with Gasteiger partial charge in [0, 0.05) is 11.6 Å². The predicted octanol–water partition coefficient (Wildman–Crippen LogP) is 1.61. The molecule has 0 N–H and O–H groups in total. The molecular weight excluding hydrogens is 176 g/mol. The monoisotopic (exact) mass is 181 g/mol. The van der Waals surface area contributed by atoms with Gasteiger partial charge in [0.25, 0.3) is 0 Å². The van der Waals surface area contributed by atoms with Gasteiger partial charge in [0.1, 0.15) is 0 Å². The highest BCUT2D eigenvalue weighted by Crippen LogP contribution is 2.29. The van der Waals surface area contributed by atoms with Gasteiger partial charge in [-0.05, 0) is 0 Å². The molecule has 0 spiro atoms. The van der Waals surface area contributed by atoms with Crippen molar-refractivity contribution in [1.82, 2.24) is 10.1 Å². The molecule has 0 amide bonds. The first-order chi connectivity index (χ1) is 5.92. The van der Waals surface area contributed by atoms with Crippen LogP contribution in [0.15, 0.2) is 16.1 Å². The van der Waals surface area contributed by atoms with Crippen molar-refractivity contribution in [1.29, 1.82) is 0 Å². The van der Waals surface area contributed by atoms with E-state index in [1.54, 1.807) is 13.3 Å². The van der Waals surface area contributed by atoms with Crippen molar-refractivity contribution in [3.8, 4) is 16.5 Å². The summed E-state index contributed by atoms with van der Waals surface area (Å²) >= 11 is 1.47. The average Bonchev–Trinajstić information content (AvgIpc) is 2.74. The molecule has 2 aromatic rings. The number of aromatic nitrogens is 2. The fourth-order valence-corrected chi connectivity index (χ4v) is 1.42. The first-order valence-electron chi connectivity index (χ1n) is 3.23. The van der Waals surface area contributed by atoms with Gasteiger partial charge in [-0.1, -0.05) is 5.16 Å². The number of nitrogens with zero attached hydrogens (tertiary/aromatic N) is 2. The Labute approximate surface area is 72.8 Å². The molecule has 0 saturated carbocycles. The van der Waals surface area contributed by atoms with Gasteiger partial charge in [-0.3, -0.25) is 0 Å². The highest BCUT2D eigenvalue weighted by molar-refractivity contribution is 7.13. The lowest BCUT2D eigenvalue weighted by Gasteiger charge is -1.92. The highest BCUT2D eigenvalue weighted by Gasteiger charge is 2.13. The fraction of sp³-hybridized carbons (Fsp3) is 0.143. The number of ether oxygens (including phenoxy) is 1. The molecule has 0 aliphatic carbocycles. The molecule has 0 fully saturated rings. The molecular formula is C7H5N2O2S. The summed E-state index contributed by atoms with van der Waals surface area (Å²) in [6.07, 6.45) is 4.27. The lowest BCUT2D eigenvalue weighted by atomic mass is 10.4. The summed E-state index contributed by atoms with van der Waals surface area (Å²) in [5.41, 5.74) is 0. The molecule has 2 rings (SSSR count). The molecule has 0 aromatic carbocycles. The van der Waals surface area contributed by atoms with E-state index in [0.717, 1.165) is 5.01 Å². The second kappa shape index (κ2) is 2.94. The van der Waals surface area contributed by atoms with Gasteiger partial charge in [0.2, 0.25) is 5.76 Å². The number of thiazole rings is 1. The minimum Gasteiger partial charge on any atom is -0.491 e. The molecule has 1 radical (unpaired) electrons. The summed E-state index contributed by atoms with van der Waals surface area (Å²) in [5, 5.41) is 6.10. The van der Waals surface area contributed by atoms with Crippen LogP contribution in [0.5, 0.6) is 5.75 Å². The van der Waals surface area contributed by atoms with E-state index in [0.29, 0.717) is 11.5 Å². The van der Waals surface area contributed by atoms with E-state index >= 15 is 0 Å². The minimum atomic E-state index is 0.491. The first kappa shape index (κ1) is 7.30. The van der Waals surface area contributed by atoms with E-state index in [-0.39, 0.29) is 0 Å². The lowest BCUT2D eigenvalue weighted by Crippen LogP contribution is -1.81. The first-order valence-corrected chi connectivity index (χ1v) is 4.11. The van der Waals surface area contributed by atoms with Crippen LogP contribution in [0.2, 0.25) is 0 Å². The highest BCUT2D eigenvalue weighted by atomic mass is 32.1. The zero-order chi connectivity index (χ0) is 8.39. The third-order valence-electron chi connectivity index (χ3n) is 1.32. The second-order valence-corrected chi connectivity index (χ2v) is 2.89. The van der Waals surface area contributed by atoms with Gasteiger partial charge >= 0.3 is 0 Å². The summed E-state index contributed by atoms with van der Waals surface area (Å²) in [6.45, 7) is 0. The van der Waals surface area contributed by atoms with E-state index in [4.69, 9.17) is 9.26 Å². The smallest absolute Gasteiger partial charge is 0.237 e. The van der Waals surface area contributed by atoms with Crippen LogP contribution in [0.3, 0.4) is 0 Å². The Morgan fingerprint density at radius 1 is 1.67 bits per heavy atom. The number of hydrogen-bond acceptors (Lipinski definition) is 5. The molecule has 4 nitrogen and oxygen atoms in total. The number of rotatable bonds is 2. The number of hydrogen-bond donors (Lipinski definition) is 0. The molecule has 0 saturated heterocycles. The largest absolute Gasteiger partial charge is 0.491 e. The Balaban J connectivity index is 2.46. The maximum Gasteiger partial charge on any atom is 0.237 e. The molecule has 12 heavy (non-hydrogen) atoms. The maximum atomic E-state index is 4.96. The van der Waals surface area contributed by atoms with Gasteiger partial charge in [0.15, 0.2) is 17.0 Å². The van der Waals surface area contributed by atoms with Crippen molar-refractivity contribution >= 4 is 11.3 Å². The van der Waals surface area contributed by atoms with Gasteiger partial charge in [0.05, 0.1) is 7.11 Å². The van der Waals surface area contributed by atoms with Crippen LogP contribution >= 0.6 is 11.3 Å². The van der Waals surface area contributed by atoms with E-state index in [2.05, 4.69) is 16.3 Å². The maximum absolute atomic E-state index is 4.96. The molecule has 0 unspecified atom stereocenters. The summed E-state index contributed by atoms with van der Waals surface area (Å²) in [6, 6.07) is 0. The van der Waals surface area contributed by atoms with Gasteiger partial charge in [-0.2, -0.15) is 0 Å². The topological polar surface area (TPSA) is 48.2 Å². The lowest BCUT2D eigenvalue weighted by molar-refractivity contribution is 0.400. The normalized spacial score (nSPS) is 10.1. The molecule has 2 heterocycles. The SMILES string of the molecule is COc1[c]noc1-c1nccs1. The predicted molar refractivity (Wildman–Crippen MR) is 43.0 cm³/mol. The van der Waals surface area contributed by atoms with Crippen LogP contribution in [-0.4, -0.2) is 17.3 Å². The zero-order valence-electron chi connectivity index (χ0n) is 6.27. The van der Waals surface area contributed by atoms with E-state index in [9.17, 15) is 0 Å². The molecule has 0 bridgehead atoms. The van der Waals surface area contributed by atoms with Crippen LogP contribution in [0, 0.1) is 6.20 Å². The number of methoxy groups -OCH3 is 1. The molecule has 5 heteroatoms. The van der Waals surface area contributed by atoms with Crippen LogP contribution in [-0.2, 0) is 0 Å². The molecule has 2 aromatic heterocycles. The van der Waals surface area contributed by atoms with Crippen LogP contribution in [0.4, 0.5) is 0 Å². The zero-order valence-corrected chi connectivity index (χ0v) is 7.09. The van der Waals surface area contributed by atoms with Crippen molar-refractivity contribution in [2.75, 3.05) is 7.11 Å². The van der Waals surface area contributed by atoms with Crippen molar-refractivity contribution in [2.24, 2.45) is 0 Å². The summed E-state index contributed by atoms with van der Waals surface area (Å²) in [5.74, 6) is 1.03. The third kappa shape index (κ3) is 1.08. The van der Waals surface area contributed by atoms with Crippen LogP contribution in [0.25, 0.3) is 10.8 Å². The Morgan fingerprint density at radius 2 is 2.58 bits per heavy atom. The third-order valence-corrected chi connectivity index (χ3v) is 2.09. The second-order valence-electron chi connectivity index (χ2n) is 1.99. The molecule has 0 atom stereocenters. The Kier molecular flexibility index (Phi) is 1.79. The average molecular weight is 181 g/mol. The van der Waals surface area contributed by atoms with Crippen molar-refractivity contribution < 1.29 is 9.26 Å². The van der Waals surface area contributed by atoms with E-state index in [1.165, 1.54) is 11.3 Å². The summed E-state index contributed by atoms with van der Waals surface area (Å²) < 4.78 is 9.88.